The van der Waals surface area contributed by atoms with Gasteiger partial charge in [0.05, 0.1) is 6.04 Å². The fourth-order valence-corrected chi connectivity index (χ4v) is 3.43. The quantitative estimate of drug-likeness (QED) is 0.675. The van der Waals surface area contributed by atoms with Crippen LogP contribution in [0.15, 0.2) is 48.5 Å². The molecule has 8 nitrogen and oxygen atoms in total. The molecule has 0 radical (unpaired) electrons. The fraction of sp³-hybridized carbons (Fsp3) is 0.364. The summed E-state index contributed by atoms with van der Waals surface area (Å²) in [4.78, 5) is 14.5. The molecule has 0 aliphatic carbocycles. The van der Waals surface area contributed by atoms with Crippen LogP contribution in [0.2, 0.25) is 0 Å². The van der Waals surface area contributed by atoms with Gasteiger partial charge in [0.1, 0.15) is 13.2 Å². The lowest BCUT2D eigenvalue weighted by atomic mass is 10.0. The van der Waals surface area contributed by atoms with Gasteiger partial charge in [0, 0.05) is 5.56 Å². The average Bonchev–Trinajstić information content (AvgIpc) is 3.23. The number of ether oxygens (including phenoxy) is 2. The number of aromatic nitrogens is 4. The molecule has 4 rings (SSSR count). The number of nitrogens with one attached hydrogen (secondary N) is 1. The molecule has 156 valence electrons. The molecule has 0 saturated carbocycles. The van der Waals surface area contributed by atoms with Crippen molar-refractivity contribution in [2.75, 3.05) is 13.2 Å². The van der Waals surface area contributed by atoms with Gasteiger partial charge in [-0.1, -0.05) is 50.2 Å². The van der Waals surface area contributed by atoms with Gasteiger partial charge in [-0.3, -0.25) is 4.79 Å². The van der Waals surface area contributed by atoms with Crippen LogP contribution in [0.3, 0.4) is 0 Å². The lowest BCUT2D eigenvalue weighted by Gasteiger charge is -2.23. The van der Waals surface area contributed by atoms with Crippen LogP contribution in [0.1, 0.15) is 38.4 Å². The molecule has 1 aliphatic rings. The lowest BCUT2D eigenvalue weighted by Crippen LogP contribution is -2.38. The van der Waals surface area contributed by atoms with Gasteiger partial charge < -0.3 is 14.8 Å². The Morgan fingerprint density at radius 3 is 2.50 bits per heavy atom. The zero-order valence-corrected chi connectivity index (χ0v) is 17.3. The molecule has 8 heteroatoms. The van der Waals surface area contributed by atoms with Gasteiger partial charge in [0.2, 0.25) is 11.7 Å². The monoisotopic (exact) mass is 407 g/mol. The molecule has 1 aromatic heterocycles. The summed E-state index contributed by atoms with van der Waals surface area (Å²) in [6.45, 7) is 6.93. The third-order valence-corrected chi connectivity index (χ3v) is 5.03. The Morgan fingerprint density at radius 2 is 1.77 bits per heavy atom. The van der Waals surface area contributed by atoms with Gasteiger partial charge in [-0.05, 0) is 35.8 Å². The number of amides is 1. The van der Waals surface area contributed by atoms with Crippen LogP contribution < -0.4 is 14.8 Å². The number of benzene rings is 2. The Balaban J connectivity index is 1.51. The van der Waals surface area contributed by atoms with Crippen molar-refractivity contribution in [2.45, 2.75) is 32.9 Å². The fourth-order valence-electron chi connectivity index (χ4n) is 3.43. The normalized spacial score (nSPS) is 14.9. The van der Waals surface area contributed by atoms with Gasteiger partial charge in [0.15, 0.2) is 17.5 Å². The van der Waals surface area contributed by atoms with Crippen molar-refractivity contribution in [1.29, 1.82) is 0 Å². The lowest BCUT2D eigenvalue weighted by molar-refractivity contribution is -0.127. The van der Waals surface area contributed by atoms with Crippen LogP contribution in [0, 0.1) is 5.92 Å². The number of fused-ring (bicyclic) bond motifs is 1. The van der Waals surface area contributed by atoms with Crippen LogP contribution in [0.25, 0.3) is 11.4 Å². The highest BCUT2D eigenvalue weighted by Crippen LogP contribution is 2.32. The predicted octanol–water partition coefficient (Wildman–Crippen LogP) is 3.19. The molecule has 3 aromatic rings. The third kappa shape index (κ3) is 4.12. The van der Waals surface area contributed by atoms with Crippen LogP contribution in [0.5, 0.6) is 11.5 Å². The summed E-state index contributed by atoms with van der Waals surface area (Å²) in [7, 11) is 0. The molecule has 1 amide bonds. The highest BCUT2D eigenvalue weighted by Gasteiger charge is 2.28. The first-order valence-electron chi connectivity index (χ1n) is 10.1. The van der Waals surface area contributed by atoms with Crippen LogP contribution in [-0.2, 0) is 4.79 Å². The van der Waals surface area contributed by atoms with Crippen molar-refractivity contribution in [2.24, 2.45) is 5.92 Å². The van der Waals surface area contributed by atoms with Gasteiger partial charge in [-0.25, -0.2) is 0 Å². The number of nitrogens with zero attached hydrogens (tertiary/aromatic N) is 4. The molecule has 1 N–H and O–H groups in total. The van der Waals surface area contributed by atoms with E-state index in [1.165, 1.54) is 4.80 Å². The van der Waals surface area contributed by atoms with E-state index in [0.717, 1.165) is 16.9 Å². The Hall–Kier alpha value is -3.42. The topological polar surface area (TPSA) is 91.2 Å². The number of rotatable bonds is 6. The summed E-state index contributed by atoms with van der Waals surface area (Å²) >= 11 is 0. The second-order valence-electron chi connectivity index (χ2n) is 7.62. The summed E-state index contributed by atoms with van der Waals surface area (Å²) in [5.41, 5.74) is 1.79. The number of carbonyl (C=O) groups is 1. The molecule has 2 unspecified atom stereocenters. The van der Waals surface area contributed by atoms with E-state index in [9.17, 15) is 4.79 Å². The van der Waals surface area contributed by atoms with E-state index in [1.807, 2.05) is 69.3 Å². The van der Waals surface area contributed by atoms with E-state index < -0.39 is 6.04 Å². The number of carbonyl (C=O) groups excluding carboxylic acids is 1. The van der Waals surface area contributed by atoms with Crippen molar-refractivity contribution in [3.8, 4) is 22.9 Å². The first-order valence-corrected chi connectivity index (χ1v) is 10.1. The minimum absolute atomic E-state index is 0.0183. The summed E-state index contributed by atoms with van der Waals surface area (Å²) in [6.07, 6.45) is 0. The maximum atomic E-state index is 13.1. The largest absolute Gasteiger partial charge is 0.486 e. The number of hydrogen-bond acceptors (Lipinski definition) is 6. The van der Waals surface area contributed by atoms with Gasteiger partial charge in [-0.15, -0.1) is 10.2 Å². The highest BCUT2D eigenvalue weighted by atomic mass is 16.6. The Morgan fingerprint density at radius 1 is 1.03 bits per heavy atom. The first-order chi connectivity index (χ1) is 14.5. The van der Waals surface area contributed by atoms with E-state index in [-0.39, 0.29) is 17.9 Å². The summed E-state index contributed by atoms with van der Waals surface area (Å²) in [5, 5.41) is 15.8. The SMILES string of the molecule is CC(NC(=O)C(C(C)C)n1nnc(-c2ccccc2)n1)c1ccc2c(c1)OCCO2. The highest BCUT2D eigenvalue weighted by molar-refractivity contribution is 5.80. The van der Waals surface area contributed by atoms with E-state index >= 15 is 0 Å². The molecular weight excluding hydrogens is 382 g/mol. The number of hydrogen-bond donors (Lipinski definition) is 1. The Labute approximate surface area is 175 Å². The van der Waals surface area contributed by atoms with E-state index in [1.54, 1.807) is 0 Å². The Kier molecular flexibility index (Phi) is 5.65. The molecule has 0 spiro atoms. The van der Waals surface area contributed by atoms with Gasteiger partial charge in [0.25, 0.3) is 0 Å². The van der Waals surface area contributed by atoms with Crippen molar-refractivity contribution in [3.63, 3.8) is 0 Å². The summed E-state index contributed by atoms with van der Waals surface area (Å²) < 4.78 is 11.2. The molecular formula is C22H25N5O3. The smallest absolute Gasteiger partial charge is 0.247 e. The molecule has 1 aliphatic heterocycles. The summed E-state index contributed by atoms with van der Waals surface area (Å²) in [5.74, 6) is 1.74. The van der Waals surface area contributed by atoms with Crippen molar-refractivity contribution < 1.29 is 14.3 Å². The van der Waals surface area contributed by atoms with E-state index in [2.05, 4.69) is 20.7 Å². The number of tetrazole rings is 1. The van der Waals surface area contributed by atoms with Gasteiger partial charge in [-0.2, -0.15) is 4.80 Å². The zero-order chi connectivity index (χ0) is 21.1. The van der Waals surface area contributed by atoms with Crippen molar-refractivity contribution in [3.05, 3.63) is 54.1 Å². The van der Waals surface area contributed by atoms with Crippen LogP contribution in [0.4, 0.5) is 0 Å². The molecule has 0 bridgehead atoms. The maximum Gasteiger partial charge on any atom is 0.247 e. The molecule has 0 fully saturated rings. The molecule has 2 heterocycles. The Bertz CT molecular complexity index is 1020. The molecule has 2 atom stereocenters. The van der Waals surface area contributed by atoms with E-state index in [4.69, 9.17) is 9.47 Å². The van der Waals surface area contributed by atoms with E-state index in [0.29, 0.717) is 24.8 Å². The molecule has 2 aromatic carbocycles. The summed E-state index contributed by atoms with van der Waals surface area (Å²) in [6, 6.07) is 14.5. The van der Waals surface area contributed by atoms with Crippen LogP contribution in [-0.4, -0.2) is 39.3 Å². The third-order valence-electron chi connectivity index (χ3n) is 5.03. The standard InChI is InChI=1S/C22H25N5O3/c1-14(2)20(27-25-21(24-26-27)16-7-5-4-6-8-16)22(28)23-15(3)17-9-10-18-19(13-17)30-12-11-29-18/h4-10,13-15,20H,11-12H2,1-3H3,(H,23,28). The van der Waals surface area contributed by atoms with Crippen molar-refractivity contribution in [1.82, 2.24) is 25.5 Å². The van der Waals surface area contributed by atoms with Crippen molar-refractivity contribution >= 4 is 5.91 Å². The molecule has 30 heavy (non-hydrogen) atoms. The molecule has 0 saturated heterocycles. The zero-order valence-electron chi connectivity index (χ0n) is 17.3. The average molecular weight is 407 g/mol. The van der Waals surface area contributed by atoms with Gasteiger partial charge >= 0.3 is 0 Å². The second-order valence-corrected chi connectivity index (χ2v) is 7.62. The first kappa shape index (κ1) is 19.9. The maximum absolute atomic E-state index is 13.1. The minimum Gasteiger partial charge on any atom is -0.486 e. The minimum atomic E-state index is -0.574. The second kappa shape index (κ2) is 8.52. The predicted molar refractivity (Wildman–Crippen MR) is 111 cm³/mol. The van der Waals surface area contributed by atoms with Crippen LogP contribution >= 0.6 is 0 Å².